The van der Waals surface area contributed by atoms with Crippen LogP contribution in [-0.4, -0.2) is 29.3 Å². The third kappa shape index (κ3) is 6.27. The zero-order chi connectivity index (χ0) is 12.9. The van der Waals surface area contributed by atoms with Crippen LogP contribution in [0, 0.1) is 11.8 Å². The molecule has 0 radical (unpaired) electrons. The molecule has 0 bridgehead atoms. The number of esters is 1. The van der Waals surface area contributed by atoms with Crippen LogP contribution in [-0.2, 0) is 9.53 Å². The molecule has 0 aromatic rings. The molecule has 0 saturated carbocycles. The topological polar surface area (TPSA) is 75.6 Å². The minimum atomic E-state index is -1.13. The Labute approximate surface area is 96.2 Å². The molecule has 5 nitrogen and oxygen atoms in total. The van der Waals surface area contributed by atoms with E-state index in [2.05, 4.69) is 5.32 Å². The van der Waals surface area contributed by atoms with Gasteiger partial charge in [-0.05, 0) is 26.7 Å². The lowest BCUT2D eigenvalue weighted by Crippen LogP contribution is -2.38. The molecule has 0 spiro atoms. The van der Waals surface area contributed by atoms with Crippen LogP contribution in [0.3, 0.4) is 0 Å². The minimum absolute atomic E-state index is 0.0294. The zero-order valence-electron chi connectivity index (χ0n) is 10.5. The number of carbonyl (C=O) groups is 2. The Morgan fingerprint density at radius 1 is 1.31 bits per heavy atom. The fourth-order valence-electron chi connectivity index (χ4n) is 1.17. The summed E-state index contributed by atoms with van der Waals surface area (Å²) < 4.78 is 5.22. The van der Waals surface area contributed by atoms with Gasteiger partial charge in [0.2, 0.25) is 0 Å². The summed E-state index contributed by atoms with van der Waals surface area (Å²) in [7, 11) is 0. The molecular weight excluding hydrogens is 210 g/mol. The highest BCUT2D eigenvalue weighted by atomic mass is 16.6. The summed E-state index contributed by atoms with van der Waals surface area (Å²) in [5.74, 6) is -0.784. The van der Waals surface area contributed by atoms with E-state index in [4.69, 9.17) is 9.84 Å². The fraction of sp³-hybridized carbons (Fsp3) is 0.818. The molecule has 1 unspecified atom stereocenters. The maximum absolute atomic E-state index is 11.8. The monoisotopic (exact) mass is 231 g/mol. The van der Waals surface area contributed by atoms with Crippen LogP contribution in [0.15, 0.2) is 0 Å². The molecule has 0 aromatic carbocycles. The highest BCUT2D eigenvalue weighted by Crippen LogP contribution is 2.16. The van der Waals surface area contributed by atoms with Crippen molar-refractivity contribution in [1.82, 2.24) is 5.32 Å². The second kappa shape index (κ2) is 5.72. The molecule has 0 fully saturated rings. The van der Waals surface area contributed by atoms with Crippen molar-refractivity contribution < 1.29 is 19.4 Å². The number of carboxylic acid groups (broad SMARTS) is 1. The summed E-state index contributed by atoms with van der Waals surface area (Å²) in [4.78, 5) is 22.1. The summed E-state index contributed by atoms with van der Waals surface area (Å²) in [6.07, 6.45) is -1.13. The summed E-state index contributed by atoms with van der Waals surface area (Å²) in [6, 6.07) is 0. The quantitative estimate of drug-likeness (QED) is 0.724. The van der Waals surface area contributed by atoms with Gasteiger partial charge in [-0.2, -0.15) is 0 Å². The lowest BCUT2D eigenvalue weighted by atomic mass is 9.95. The van der Waals surface area contributed by atoms with E-state index in [0.29, 0.717) is 0 Å². The maximum atomic E-state index is 11.8. The first-order chi connectivity index (χ1) is 7.13. The number of hydrogen-bond donors (Lipinski definition) is 2. The summed E-state index contributed by atoms with van der Waals surface area (Å²) in [5.41, 5.74) is -0.548. The van der Waals surface area contributed by atoms with E-state index in [0.717, 1.165) is 0 Å². The molecule has 0 aliphatic carbocycles. The van der Waals surface area contributed by atoms with Crippen LogP contribution < -0.4 is 5.32 Å². The maximum Gasteiger partial charge on any atom is 0.404 e. The third-order valence-corrected chi connectivity index (χ3v) is 1.99. The molecule has 5 heteroatoms. The van der Waals surface area contributed by atoms with Crippen LogP contribution in [0.2, 0.25) is 0 Å². The van der Waals surface area contributed by atoms with Crippen LogP contribution in [0.25, 0.3) is 0 Å². The molecular formula is C11H21NO4. The van der Waals surface area contributed by atoms with Crippen molar-refractivity contribution in [2.45, 2.75) is 40.2 Å². The van der Waals surface area contributed by atoms with Gasteiger partial charge >= 0.3 is 12.1 Å². The summed E-state index contributed by atoms with van der Waals surface area (Å²) in [5, 5.41) is 10.7. The Morgan fingerprint density at radius 3 is 2.12 bits per heavy atom. The number of ether oxygens (including phenoxy) is 1. The molecule has 2 N–H and O–H groups in total. The zero-order valence-corrected chi connectivity index (χ0v) is 10.5. The van der Waals surface area contributed by atoms with Crippen molar-refractivity contribution in [3.63, 3.8) is 0 Å². The lowest BCUT2D eigenvalue weighted by Gasteiger charge is -2.25. The molecule has 16 heavy (non-hydrogen) atoms. The van der Waals surface area contributed by atoms with Crippen molar-refractivity contribution >= 4 is 12.1 Å². The van der Waals surface area contributed by atoms with Crippen molar-refractivity contribution in [2.75, 3.05) is 6.54 Å². The number of nitrogens with one attached hydrogen (secondary N) is 1. The van der Waals surface area contributed by atoms with Crippen LogP contribution in [0.5, 0.6) is 0 Å². The molecule has 0 rings (SSSR count). The molecule has 0 aliphatic rings. The van der Waals surface area contributed by atoms with Gasteiger partial charge in [-0.15, -0.1) is 0 Å². The van der Waals surface area contributed by atoms with Crippen molar-refractivity contribution in [3.8, 4) is 0 Å². The Bertz CT molecular complexity index is 255. The first-order valence-electron chi connectivity index (χ1n) is 5.33. The highest BCUT2D eigenvalue weighted by Gasteiger charge is 2.27. The van der Waals surface area contributed by atoms with Gasteiger partial charge in [0.25, 0.3) is 0 Å². The van der Waals surface area contributed by atoms with E-state index in [-0.39, 0.29) is 18.4 Å². The van der Waals surface area contributed by atoms with Gasteiger partial charge in [-0.3, -0.25) is 4.79 Å². The predicted molar refractivity (Wildman–Crippen MR) is 60.2 cm³/mol. The average Bonchev–Trinajstić information content (AvgIpc) is 1.98. The van der Waals surface area contributed by atoms with Crippen molar-refractivity contribution in [1.29, 1.82) is 0 Å². The summed E-state index contributed by atoms with van der Waals surface area (Å²) >= 11 is 0. The molecule has 0 aromatic heterocycles. The first kappa shape index (κ1) is 14.7. The third-order valence-electron chi connectivity index (χ3n) is 1.99. The van der Waals surface area contributed by atoms with Gasteiger partial charge in [0.15, 0.2) is 0 Å². The lowest BCUT2D eigenvalue weighted by molar-refractivity contribution is -0.161. The van der Waals surface area contributed by atoms with E-state index in [1.54, 1.807) is 20.8 Å². The van der Waals surface area contributed by atoms with E-state index in [1.165, 1.54) is 0 Å². The highest BCUT2D eigenvalue weighted by molar-refractivity contribution is 5.74. The van der Waals surface area contributed by atoms with Crippen molar-refractivity contribution in [3.05, 3.63) is 0 Å². The largest absolute Gasteiger partial charge is 0.465 e. The van der Waals surface area contributed by atoms with Crippen LogP contribution in [0.1, 0.15) is 34.6 Å². The Balaban J connectivity index is 4.42. The van der Waals surface area contributed by atoms with E-state index < -0.39 is 17.6 Å². The molecule has 0 aliphatic heterocycles. The Hall–Kier alpha value is -1.26. The van der Waals surface area contributed by atoms with E-state index >= 15 is 0 Å². The average molecular weight is 231 g/mol. The second-order valence-electron chi connectivity index (χ2n) is 5.07. The van der Waals surface area contributed by atoms with Gasteiger partial charge in [0, 0.05) is 6.54 Å². The van der Waals surface area contributed by atoms with Crippen LogP contribution >= 0.6 is 0 Å². The molecule has 0 saturated heterocycles. The van der Waals surface area contributed by atoms with E-state index in [1.807, 2.05) is 13.8 Å². The predicted octanol–water partition coefficient (Wildman–Crippen LogP) is 1.87. The number of hydrogen-bond acceptors (Lipinski definition) is 3. The van der Waals surface area contributed by atoms with Gasteiger partial charge in [0.1, 0.15) is 5.60 Å². The molecule has 1 atom stereocenters. The molecule has 94 valence electrons. The van der Waals surface area contributed by atoms with Gasteiger partial charge in [-0.25, -0.2) is 4.79 Å². The van der Waals surface area contributed by atoms with Crippen molar-refractivity contribution in [2.24, 2.45) is 11.8 Å². The van der Waals surface area contributed by atoms with Gasteiger partial charge < -0.3 is 15.2 Å². The second-order valence-corrected chi connectivity index (χ2v) is 5.07. The fourth-order valence-corrected chi connectivity index (χ4v) is 1.17. The van der Waals surface area contributed by atoms with Gasteiger partial charge in [0.05, 0.1) is 5.92 Å². The molecule has 0 heterocycles. The Morgan fingerprint density at radius 2 is 1.81 bits per heavy atom. The SMILES string of the molecule is CC(C)C(CNC(=O)O)C(=O)OC(C)(C)C. The number of carbonyl (C=O) groups excluding carboxylic acids is 1. The standard InChI is InChI=1S/C11H21NO4/c1-7(2)8(6-12-10(14)15)9(13)16-11(3,4)5/h7-8,12H,6H2,1-5H3,(H,14,15). The first-order valence-corrected chi connectivity index (χ1v) is 5.33. The smallest absolute Gasteiger partial charge is 0.404 e. The van der Waals surface area contributed by atoms with Gasteiger partial charge in [-0.1, -0.05) is 13.8 Å². The number of rotatable bonds is 4. The summed E-state index contributed by atoms with van der Waals surface area (Å²) in [6.45, 7) is 9.16. The normalized spacial score (nSPS) is 13.4. The molecule has 1 amide bonds. The van der Waals surface area contributed by atoms with E-state index in [9.17, 15) is 9.59 Å². The minimum Gasteiger partial charge on any atom is -0.465 e. The Kier molecular flexibility index (Phi) is 5.27. The number of amides is 1. The van der Waals surface area contributed by atoms with Crippen LogP contribution in [0.4, 0.5) is 4.79 Å².